The zero-order chi connectivity index (χ0) is 24.8. The number of hydrogen-bond donors (Lipinski definition) is 2. The van der Waals surface area contributed by atoms with Crippen LogP contribution >= 0.6 is 25.0 Å². The second kappa shape index (κ2) is 12.0. The fourth-order valence-electron chi connectivity index (χ4n) is 5.05. The molecule has 2 aromatic carbocycles. The molecule has 4 rings (SSSR count). The molecule has 2 aliphatic rings. The Bertz CT molecular complexity index is 1010. The molecule has 1 saturated heterocycles. The van der Waals surface area contributed by atoms with Gasteiger partial charge in [0.15, 0.2) is 11.3 Å². The molecule has 0 radical (unpaired) electrons. The van der Waals surface area contributed by atoms with E-state index in [2.05, 4.69) is 53.8 Å². The van der Waals surface area contributed by atoms with Crippen molar-refractivity contribution in [3.8, 4) is 5.75 Å². The van der Waals surface area contributed by atoms with Crippen LogP contribution in [0.2, 0.25) is 0 Å². The van der Waals surface area contributed by atoms with Crippen LogP contribution in [0.3, 0.4) is 0 Å². The summed E-state index contributed by atoms with van der Waals surface area (Å²) in [4.78, 5) is 15.9. The number of thiol groups is 1. The van der Waals surface area contributed by atoms with Crippen molar-refractivity contribution < 1.29 is 9.53 Å². The largest absolute Gasteiger partial charge is 0.470 e. The number of rotatable bonds is 9. The Morgan fingerprint density at radius 1 is 1.17 bits per heavy atom. The first-order chi connectivity index (χ1) is 17.0. The normalized spacial score (nSPS) is 17.5. The van der Waals surface area contributed by atoms with Gasteiger partial charge in [-0.2, -0.15) is 0 Å². The van der Waals surface area contributed by atoms with Gasteiger partial charge in [-0.05, 0) is 67.2 Å². The Labute approximate surface area is 219 Å². The van der Waals surface area contributed by atoms with Crippen molar-refractivity contribution in [1.29, 1.82) is 0 Å². The van der Waals surface area contributed by atoms with E-state index < -0.39 is 6.03 Å². The number of ether oxygens (including phenoxy) is 1. The molecule has 2 fully saturated rings. The summed E-state index contributed by atoms with van der Waals surface area (Å²) >= 11 is 10.1. The minimum atomic E-state index is -0.640. The number of nitrogens with two attached hydrogens (primary N) is 1. The van der Waals surface area contributed by atoms with Crippen LogP contribution in [0.15, 0.2) is 48.5 Å². The lowest BCUT2D eigenvalue weighted by Gasteiger charge is -2.31. The fraction of sp³-hybridized carbons (Fsp3) is 0.481. The molecule has 1 atom stereocenters. The average molecular weight is 513 g/mol. The predicted molar refractivity (Wildman–Crippen MR) is 150 cm³/mol. The summed E-state index contributed by atoms with van der Waals surface area (Å²) < 4.78 is 7.53. The highest BCUT2D eigenvalue weighted by Crippen LogP contribution is 2.34. The standard InChI is InChI=1S/C27H36N4O2S2/c1-2-3-12-25(33-24-11-7-10-23(19-24)31(35)26(28)32)30-18-17-29(27(30)34)22-15-13-21(14-16-22)20-8-5-4-6-9-20/h7,10-11,13-16,19-20,25,35H,2-6,8-9,12,17-18H2,1H3,(H2,28,32). The molecule has 0 spiro atoms. The van der Waals surface area contributed by atoms with Gasteiger partial charge in [-0.1, -0.05) is 63.6 Å². The summed E-state index contributed by atoms with van der Waals surface area (Å²) in [5.74, 6) is 1.35. The van der Waals surface area contributed by atoms with Gasteiger partial charge in [0.25, 0.3) is 0 Å². The zero-order valence-corrected chi connectivity index (χ0v) is 22.1. The molecular formula is C27H36N4O2S2. The second-order valence-corrected chi connectivity index (χ2v) is 10.2. The van der Waals surface area contributed by atoms with Gasteiger partial charge in [0.1, 0.15) is 5.75 Å². The van der Waals surface area contributed by atoms with Gasteiger partial charge in [0.05, 0.1) is 5.69 Å². The topological polar surface area (TPSA) is 62.0 Å². The van der Waals surface area contributed by atoms with E-state index in [1.807, 2.05) is 12.1 Å². The summed E-state index contributed by atoms with van der Waals surface area (Å²) in [6, 6.07) is 15.6. The number of benzene rings is 2. The molecule has 2 amide bonds. The number of carbonyl (C=O) groups excluding carboxylic acids is 1. The second-order valence-electron chi connectivity index (χ2n) is 9.42. The third-order valence-electron chi connectivity index (χ3n) is 7.02. The van der Waals surface area contributed by atoms with Gasteiger partial charge >= 0.3 is 6.03 Å². The highest BCUT2D eigenvalue weighted by atomic mass is 32.1. The maximum Gasteiger partial charge on any atom is 0.329 e. The van der Waals surface area contributed by atoms with Gasteiger partial charge in [0, 0.05) is 31.3 Å². The number of anilines is 2. The Morgan fingerprint density at radius 2 is 1.91 bits per heavy atom. The fourth-order valence-corrected chi connectivity index (χ4v) is 5.58. The number of unbranched alkanes of at least 4 members (excludes halogenated alkanes) is 1. The molecule has 0 aromatic heterocycles. The molecule has 1 unspecified atom stereocenters. The summed E-state index contributed by atoms with van der Waals surface area (Å²) in [5.41, 5.74) is 8.52. The van der Waals surface area contributed by atoms with E-state index in [-0.39, 0.29) is 6.23 Å². The van der Waals surface area contributed by atoms with E-state index in [0.717, 1.165) is 47.5 Å². The summed E-state index contributed by atoms with van der Waals surface area (Å²) in [6.07, 6.45) is 9.42. The van der Waals surface area contributed by atoms with Crippen molar-refractivity contribution in [2.45, 2.75) is 70.4 Å². The van der Waals surface area contributed by atoms with Gasteiger partial charge in [-0.15, -0.1) is 0 Å². The van der Waals surface area contributed by atoms with Crippen molar-refractivity contribution in [3.05, 3.63) is 54.1 Å². The molecule has 1 heterocycles. The van der Waals surface area contributed by atoms with Crippen LogP contribution in [0.1, 0.15) is 69.8 Å². The summed E-state index contributed by atoms with van der Waals surface area (Å²) in [6.45, 7) is 3.81. The smallest absolute Gasteiger partial charge is 0.329 e. The van der Waals surface area contributed by atoms with E-state index in [4.69, 9.17) is 22.7 Å². The molecule has 2 N–H and O–H groups in total. The Kier molecular flexibility index (Phi) is 8.78. The van der Waals surface area contributed by atoms with Crippen LogP contribution in [0.5, 0.6) is 5.75 Å². The van der Waals surface area contributed by atoms with E-state index in [9.17, 15) is 4.79 Å². The van der Waals surface area contributed by atoms with Gasteiger partial charge in [-0.25, -0.2) is 9.10 Å². The Morgan fingerprint density at radius 3 is 2.60 bits per heavy atom. The monoisotopic (exact) mass is 512 g/mol. The molecular weight excluding hydrogens is 476 g/mol. The number of hydrogen-bond acceptors (Lipinski definition) is 4. The van der Waals surface area contributed by atoms with Crippen molar-refractivity contribution in [2.24, 2.45) is 5.73 Å². The van der Waals surface area contributed by atoms with E-state index >= 15 is 0 Å². The quantitative estimate of drug-likeness (QED) is 0.298. The van der Waals surface area contributed by atoms with E-state index in [1.165, 1.54) is 37.7 Å². The van der Waals surface area contributed by atoms with Gasteiger partial charge in [0.2, 0.25) is 0 Å². The number of carbonyl (C=O) groups is 1. The van der Waals surface area contributed by atoms with Gasteiger partial charge < -0.3 is 20.3 Å². The number of thiocarbonyl (C=S) groups is 1. The molecule has 6 nitrogen and oxygen atoms in total. The van der Waals surface area contributed by atoms with Crippen LogP contribution in [0, 0.1) is 0 Å². The number of primary amides is 1. The van der Waals surface area contributed by atoms with Crippen molar-refractivity contribution in [1.82, 2.24) is 4.90 Å². The van der Waals surface area contributed by atoms with Crippen molar-refractivity contribution >= 4 is 47.6 Å². The van der Waals surface area contributed by atoms with Crippen LogP contribution in [-0.4, -0.2) is 35.4 Å². The molecule has 0 bridgehead atoms. The Hall–Kier alpha value is -2.45. The molecule has 1 saturated carbocycles. The summed E-state index contributed by atoms with van der Waals surface area (Å²) in [7, 11) is 0. The SMILES string of the molecule is CCCCC(Oc1cccc(N(S)C(N)=O)c1)N1CCN(c2ccc(C3CCCCC3)cc2)C1=S. The van der Waals surface area contributed by atoms with E-state index in [1.54, 1.807) is 12.1 Å². The highest BCUT2D eigenvalue weighted by Gasteiger charge is 2.32. The first kappa shape index (κ1) is 25.6. The first-order valence-electron chi connectivity index (χ1n) is 12.7. The van der Waals surface area contributed by atoms with Crippen molar-refractivity contribution in [2.75, 3.05) is 22.3 Å². The Balaban J connectivity index is 1.46. The lowest BCUT2D eigenvalue weighted by atomic mass is 9.84. The molecule has 1 aliphatic carbocycles. The maximum atomic E-state index is 11.5. The molecule has 2 aromatic rings. The molecule has 35 heavy (non-hydrogen) atoms. The van der Waals surface area contributed by atoms with Crippen LogP contribution in [0.4, 0.5) is 16.2 Å². The highest BCUT2D eigenvalue weighted by molar-refractivity contribution is 7.82. The number of nitrogens with zero attached hydrogens (tertiary/aromatic N) is 3. The first-order valence-corrected chi connectivity index (χ1v) is 13.5. The van der Waals surface area contributed by atoms with Crippen LogP contribution in [0.25, 0.3) is 0 Å². The lowest BCUT2D eigenvalue weighted by Crippen LogP contribution is -2.42. The van der Waals surface area contributed by atoms with Crippen LogP contribution < -0.4 is 19.7 Å². The average Bonchev–Trinajstić information content (AvgIpc) is 3.27. The third-order valence-corrected chi connectivity index (χ3v) is 7.90. The third kappa shape index (κ3) is 6.22. The van der Waals surface area contributed by atoms with Crippen molar-refractivity contribution in [3.63, 3.8) is 0 Å². The minimum absolute atomic E-state index is 0.189. The minimum Gasteiger partial charge on any atom is -0.470 e. The summed E-state index contributed by atoms with van der Waals surface area (Å²) in [5, 5.41) is 0.792. The van der Waals surface area contributed by atoms with Crippen LogP contribution in [-0.2, 0) is 0 Å². The molecule has 8 heteroatoms. The lowest BCUT2D eigenvalue weighted by molar-refractivity contribution is 0.0772. The van der Waals surface area contributed by atoms with Gasteiger partial charge in [-0.3, -0.25) is 0 Å². The molecule has 1 aliphatic heterocycles. The predicted octanol–water partition coefficient (Wildman–Crippen LogP) is 6.47. The maximum absolute atomic E-state index is 11.5. The number of urea groups is 1. The zero-order valence-electron chi connectivity index (χ0n) is 20.4. The molecule has 188 valence electrons. The number of amides is 2. The van der Waals surface area contributed by atoms with E-state index in [0.29, 0.717) is 17.4 Å².